The summed E-state index contributed by atoms with van der Waals surface area (Å²) in [6, 6.07) is 4.08. The summed E-state index contributed by atoms with van der Waals surface area (Å²) in [5.41, 5.74) is 0.639. The minimum absolute atomic E-state index is 0.0407. The maximum atomic E-state index is 9.00. The van der Waals surface area contributed by atoms with Gasteiger partial charge in [-0.05, 0) is 50.9 Å². The number of likely N-dealkylation sites (tertiary alicyclic amines) is 1. The predicted molar refractivity (Wildman–Crippen MR) is 77.4 cm³/mol. The smallest absolute Gasteiger partial charge is 0.118 e. The van der Waals surface area contributed by atoms with Gasteiger partial charge in [0.25, 0.3) is 0 Å². The summed E-state index contributed by atoms with van der Waals surface area (Å²) in [5.74, 6) is 2.66. The summed E-state index contributed by atoms with van der Waals surface area (Å²) in [6.45, 7) is 5.91. The Morgan fingerprint density at radius 3 is 2.76 bits per heavy atom. The lowest BCUT2D eigenvalue weighted by molar-refractivity contribution is 0.154. The van der Waals surface area contributed by atoms with Crippen LogP contribution in [-0.2, 0) is 19.7 Å². The minimum Gasteiger partial charge on any atom is -0.465 e. The van der Waals surface area contributed by atoms with E-state index in [-0.39, 0.29) is 6.61 Å². The van der Waals surface area contributed by atoms with Crippen molar-refractivity contribution >= 4 is 0 Å². The Bertz CT molecular complexity index is 570. The van der Waals surface area contributed by atoms with E-state index in [4.69, 9.17) is 9.52 Å². The Labute approximate surface area is 124 Å². The van der Waals surface area contributed by atoms with Crippen LogP contribution in [0, 0.1) is 12.8 Å². The molecule has 1 aliphatic rings. The first-order chi connectivity index (χ1) is 10.2. The third kappa shape index (κ3) is 3.71. The zero-order chi connectivity index (χ0) is 14.7. The fourth-order valence-corrected chi connectivity index (χ4v) is 2.88. The van der Waals surface area contributed by atoms with Gasteiger partial charge in [0.1, 0.15) is 17.2 Å². The topological polar surface area (TPSA) is 67.3 Å². The van der Waals surface area contributed by atoms with Crippen molar-refractivity contribution in [1.82, 2.24) is 19.9 Å². The molecule has 0 spiro atoms. The van der Waals surface area contributed by atoms with Gasteiger partial charge in [0.2, 0.25) is 0 Å². The molecule has 1 fully saturated rings. The van der Waals surface area contributed by atoms with Crippen molar-refractivity contribution in [2.45, 2.75) is 39.5 Å². The molecule has 0 saturated carbocycles. The van der Waals surface area contributed by atoms with E-state index in [0.717, 1.165) is 50.5 Å². The third-order valence-corrected chi connectivity index (χ3v) is 4.08. The van der Waals surface area contributed by atoms with E-state index in [1.54, 1.807) is 0 Å². The number of aliphatic hydroxyl groups excluding tert-OH is 1. The molecule has 0 bridgehead atoms. The number of hydrogen-bond donors (Lipinski definition) is 1. The van der Waals surface area contributed by atoms with Crippen molar-refractivity contribution in [3.8, 4) is 0 Å². The van der Waals surface area contributed by atoms with Crippen LogP contribution in [0.15, 0.2) is 22.7 Å². The number of rotatable bonds is 5. The van der Waals surface area contributed by atoms with Gasteiger partial charge >= 0.3 is 0 Å². The maximum Gasteiger partial charge on any atom is 0.118 e. The molecule has 21 heavy (non-hydrogen) atoms. The zero-order valence-electron chi connectivity index (χ0n) is 12.4. The number of aromatic nitrogens is 3. The SMILES string of the molecule is Cc1ccc(CN2CCC(Cn3cc(CO)nn3)CC2)o1. The van der Waals surface area contributed by atoms with Crippen LogP contribution in [0.5, 0.6) is 0 Å². The molecule has 3 heterocycles. The van der Waals surface area contributed by atoms with Crippen molar-refractivity contribution in [3.63, 3.8) is 0 Å². The molecule has 1 aliphatic heterocycles. The molecular weight excluding hydrogens is 268 g/mol. The standard InChI is InChI=1S/C15H22N4O2/c1-12-2-3-15(21-12)10-18-6-4-13(5-7-18)8-19-9-14(11-20)16-17-19/h2-3,9,13,20H,4-8,10-11H2,1H3. The Morgan fingerprint density at radius 2 is 2.14 bits per heavy atom. The van der Waals surface area contributed by atoms with Gasteiger partial charge in [-0.15, -0.1) is 5.10 Å². The third-order valence-electron chi connectivity index (χ3n) is 4.08. The molecule has 6 heteroatoms. The number of aryl methyl sites for hydroxylation is 1. The van der Waals surface area contributed by atoms with Crippen LogP contribution in [0.25, 0.3) is 0 Å². The number of aliphatic hydroxyl groups is 1. The lowest BCUT2D eigenvalue weighted by atomic mass is 9.97. The van der Waals surface area contributed by atoms with Crippen LogP contribution >= 0.6 is 0 Å². The van der Waals surface area contributed by atoms with E-state index in [0.29, 0.717) is 11.6 Å². The normalized spacial score (nSPS) is 17.4. The van der Waals surface area contributed by atoms with Crippen molar-refractivity contribution in [1.29, 1.82) is 0 Å². The van der Waals surface area contributed by atoms with E-state index in [9.17, 15) is 0 Å². The molecule has 0 radical (unpaired) electrons. The molecule has 2 aromatic rings. The minimum atomic E-state index is -0.0407. The Morgan fingerprint density at radius 1 is 1.33 bits per heavy atom. The Balaban J connectivity index is 1.46. The molecule has 0 amide bonds. The zero-order valence-corrected chi connectivity index (χ0v) is 12.4. The van der Waals surface area contributed by atoms with Gasteiger partial charge < -0.3 is 9.52 Å². The van der Waals surface area contributed by atoms with E-state index in [1.807, 2.05) is 23.9 Å². The molecule has 2 aromatic heterocycles. The second-order valence-electron chi connectivity index (χ2n) is 5.82. The molecule has 0 aliphatic carbocycles. The van der Waals surface area contributed by atoms with Crippen LogP contribution in [0.3, 0.4) is 0 Å². The molecule has 1 saturated heterocycles. The summed E-state index contributed by atoms with van der Waals surface area (Å²) in [4.78, 5) is 2.44. The van der Waals surface area contributed by atoms with Crippen LogP contribution < -0.4 is 0 Å². The largest absolute Gasteiger partial charge is 0.465 e. The summed E-state index contributed by atoms with van der Waals surface area (Å²) >= 11 is 0. The van der Waals surface area contributed by atoms with Crippen molar-refractivity contribution in [2.24, 2.45) is 5.92 Å². The highest BCUT2D eigenvalue weighted by Gasteiger charge is 2.20. The van der Waals surface area contributed by atoms with Gasteiger partial charge in [-0.25, -0.2) is 0 Å². The van der Waals surface area contributed by atoms with Gasteiger partial charge in [0.15, 0.2) is 0 Å². The quantitative estimate of drug-likeness (QED) is 0.905. The monoisotopic (exact) mass is 290 g/mol. The lowest BCUT2D eigenvalue weighted by Crippen LogP contribution is -2.34. The maximum absolute atomic E-state index is 9.00. The Hall–Kier alpha value is -1.66. The van der Waals surface area contributed by atoms with Crippen molar-refractivity contribution < 1.29 is 9.52 Å². The van der Waals surface area contributed by atoms with Crippen LogP contribution in [0.4, 0.5) is 0 Å². The molecule has 0 atom stereocenters. The molecule has 3 rings (SSSR count). The molecule has 114 valence electrons. The van der Waals surface area contributed by atoms with E-state index >= 15 is 0 Å². The summed E-state index contributed by atoms with van der Waals surface area (Å²) in [7, 11) is 0. The van der Waals surface area contributed by atoms with Gasteiger partial charge in [-0.3, -0.25) is 9.58 Å². The summed E-state index contributed by atoms with van der Waals surface area (Å²) in [6.07, 6.45) is 4.15. The highest BCUT2D eigenvalue weighted by molar-refractivity contribution is 5.05. The molecule has 0 unspecified atom stereocenters. The van der Waals surface area contributed by atoms with Crippen LogP contribution in [0.2, 0.25) is 0 Å². The number of nitrogens with zero attached hydrogens (tertiary/aromatic N) is 4. The van der Waals surface area contributed by atoms with E-state index < -0.39 is 0 Å². The Kier molecular flexibility index (Phi) is 4.36. The van der Waals surface area contributed by atoms with Gasteiger partial charge in [0.05, 0.1) is 19.3 Å². The molecule has 0 aromatic carbocycles. The summed E-state index contributed by atoms with van der Waals surface area (Å²) < 4.78 is 7.49. The van der Waals surface area contributed by atoms with Crippen molar-refractivity contribution in [2.75, 3.05) is 13.1 Å². The number of piperidine rings is 1. The molecular formula is C15H22N4O2. The number of furan rings is 1. The second kappa shape index (κ2) is 6.41. The van der Waals surface area contributed by atoms with Crippen LogP contribution in [0.1, 0.15) is 30.1 Å². The van der Waals surface area contributed by atoms with Crippen LogP contribution in [-0.4, -0.2) is 38.1 Å². The van der Waals surface area contributed by atoms with Gasteiger partial charge in [0, 0.05) is 6.54 Å². The van der Waals surface area contributed by atoms with Gasteiger partial charge in [-0.1, -0.05) is 5.21 Å². The van der Waals surface area contributed by atoms with Crippen molar-refractivity contribution in [3.05, 3.63) is 35.5 Å². The van der Waals surface area contributed by atoms with Gasteiger partial charge in [-0.2, -0.15) is 0 Å². The predicted octanol–water partition coefficient (Wildman–Crippen LogP) is 1.58. The summed E-state index contributed by atoms with van der Waals surface area (Å²) in [5, 5.41) is 17.0. The first-order valence-electron chi connectivity index (χ1n) is 7.50. The highest BCUT2D eigenvalue weighted by atomic mass is 16.3. The fraction of sp³-hybridized carbons (Fsp3) is 0.600. The highest BCUT2D eigenvalue weighted by Crippen LogP contribution is 2.21. The van der Waals surface area contributed by atoms with E-state index in [1.165, 1.54) is 0 Å². The number of hydrogen-bond acceptors (Lipinski definition) is 5. The molecule has 6 nitrogen and oxygen atoms in total. The fourth-order valence-electron chi connectivity index (χ4n) is 2.88. The average molecular weight is 290 g/mol. The van der Waals surface area contributed by atoms with E-state index in [2.05, 4.69) is 21.3 Å². The average Bonchev–Trinajstić information content (AvgIpc) is 3.10. The first-order valence-corrected chi connectivity index (χ1v) is 7.50. The first kappa shape index (κ1) is 14.3. The second-order valence-corrected chi connectivity index (χ2v) is 5.82. The molecule has 1 N–H and O–H groups in total. The lowest BCUT2D eigenvalue weighted by Gasteiger charge is -2.31.